The number of rotatable bonds is 7. The van der Waals surface area contributed by atoms with Crippen molar-refractivity contribution in [3.05, 3.63) is 46.2 Å². The summed E-state index contributed by atoms with van der Waals surface area (Å²) >= 11 is 1.34. The summed E-state index contributed by atoms with van der Waals surface area (Å²) < 4.78 is 5.05. The van der Waals surface area contributed by atoms with E-state index in [-0.39, 0.29) is 23.5 Å². The monoisotopic (exact) mass is 592 g/mol. The highest BCUT2D eigenvalue weighted by Gasteiger charge is 2.30. The summed E-state index contributed by atoms with van der Waals surface area (Å²) in [5.41, 5.74) is 4.28. The molecule has 0 spiro atoms. The number of piperidine rings is 1. The first-order chi connectivity index (χ1) is 20.1. The Morgan fingerprint density at radius 2 is 2.00 bits per heavy atom. The fourth-order valence-corrected chi connectivity index (χ4v) is 7.05. The molecule has 3 aromatic rings. The Balaban J connectivity index is 1.20. The van der Waals surface area contributed by atoms with Gasteiger partial charge in [-0.2, -0.15) is 0 Å². The van der Waals surface area contributed by atoms with Crippen molar-refractivity contribution in [1.29, 1.82) is 0 Å². The van der Waals surface area contributed by atoms with Crippen molar-refractivity contribution in [3.8, 4) is 0 Å². The Labute approximate surface area is 250 Å². The van der Waals surface area contributed by atoms with Gasteiger partial charge in [-0.25, -0.2) is 19.7 Å². The minimum absolute atomic E-state index is 0.227. The van der Waals surface area contributed by atoms with Crippen molar-refractivity contribution in [2.45, 2.75) is 71.4 Å². The molecule has 2 fully saturated rings. The molecule has 224 valence electrons. The average molecular weight is 593 g/mol. The summed E-state index contributed by atoms with van der Waals surface area (Å²) in [6.07, 6.45) is 6.39. The zero-order chi connectivity index (χ0) is 29.4. The molecule has 2 atom stereocenters. The van der Waals surface area contributed by atoms with Gasteiger partial charge in [0.05, 0.1) is 18.7 Å². The lowest BCUT2D eigenvalue weighted by Gasteiger charge is -2.34. The van der Waals surface area contributed by atoms with E-state index in [4.69, 9.17) is 14.7 Å². The zero-order valence-corrected chi connectivity index (χ0v) is 25.5. The third kappa shape index (κ3) is 6.28. The molecular formula is C31H40N6O4S. The van der Waals surface area contributed by atoms with Gasteiger partial charge in [0, 0.05) is 31.5 Å². The number of fused-ring (bicyclic) bond motifs is 2. The second kappa shape index (κ2) is 11.9. The number of likely N-dealkylation sites (tertiary alicyclic amines) is 1. The van der Waals surface area contributed by atoms with E-state index in [1.54, 1.807) is 12.3 Å². The van der Waals surface area contributed by atoms with Crippen molar-refractivity contribution >= 4 is 39.5 Å². The lowest BCUT2D eigenvalue weighted by Crippen LogP contribution is -2.38. The summed E-state index contributed by atoms with van der Waals surface area (Å²) in [5.74, 6) is 0.909. The average Bonchev–Trinajstić information content (AvgIpc) is 3.59. The standard InChI is InChI=1S/C31H40N6O4S/c1-31(2,3)21-5-6-23-20(16-21)17-25-28(34-23)42-29(35-25)27(39)33-24(10-13-36-11-8-22(38)9-12-36)19-4-7-26(32-18-19)37-14-15-41-30(37)40/h4,7,17-18,21-22,24,38H,5-6,8-16H2,1-3H3,(H,33,39)/t21-,24+/m0/s1. The number of hydrogen-bond acceptors (Lipinski definition) is 9. The molecule has 2 saturated heterocycles. The Morgan fingerprint density at radius 3 is 2.69 bits per heavy atom. The summed E-state index contributed by atoms with van der Waals surface area (Å²) in [6.45, 7) is 10.2. The van der Waals surface area contributed by atoms with Gasteiger partial charge in [-0.05, 0) is 73.1 Å². The number of hydrogen-bond donors (Lipinski definition) is 2. The van der Waals surface area contributed by atoms with Gasteiger partial charge < -0.3 is 20.1 Å². The molecule has 6 rings (SSSR count). The maximum Gasteiger partial charge on any atom is 0.415 e. The molecule has 0 unspecified atom stereocenters. The number of aromatic nitrogens is 3. The van der Waals surface area contributed by atoms with E-state index in [2.05, 4.69) is 42.0 Å². The Bertz CT molecular complexity index is 1440. The van der Waals surface area contributed by atoms with Crippen molar-refractivity contribution in [1.82, 2.24) is 25.2 Å². The molecule has 42 heavy (non-hydrogen) atoms. The number of cyclic esters (lactones) is 1. The molecule has 11 heteroatoms. The fraction of sp³-hybridized carbons (Fsp3) is 0.581. The number of nitrogens with one attached hydrogen (secondary N) is 1. The largest absolute Gasteiger partial charge is 0.447 e. The van der Waals surface area contributed by atoms with E-state index in [0.29, 0.717) is 36.3 Å². The van der Waals surface area contributed by atoms with Gasteiger partial charge in [0.2, 0.25) is 0 Å². The molecule has 2 amide bonds. The van der Waals surface area contributed by atoms with Gasteiger partial charge >= 0.3 is 6.09 Å². The number of anilines is 1. The summed E-state index contributed by atoms with van der Waals surface area (Å²) in [7, 11) is 0. The topological polar surface area (TPSA) is 121 Å². The van der Waals surface area contributed by atoms with Crippen LogP contribution in [-0.4, -0.2) is 75.8 Å². The third-order valence-corrected chi connectivity index (χ3v) is 9.94. The molecule has 1 aliphatic carbocycles. The van der Waals surface area contributed by atoms with E-state index < -0.39 is 6.09 Å². The predicted molar refractivity (Wildman–Crippen MR) is 162 cm³/mol. The molecule has 0 radical (unpaired) electrons. The number of aliphatic hydroxyl groups excluding tert-OH is 1. The van der Waals surface area contributed by atoms with E-state index in [1.807, 2.05) is 6.07 Å². The van der Waals surface area contributed by atoms with Crippen molar-refractivity contribution in [2.75, 3.05) is 37.7 Å². The molecule has 3 aromatic heterocycles. The quantitative estimate of drug-likeness (QED) is 0.411. The molecule has 0 bridgehead atoms. The number of carbonyl (C=O) groups excluding carboxylic acids is 2. The van der Waals surface area contributed by atoms with Crippen LogP contribution in [0.15, 0.2) is 24.4 Å². The second-order valence-electron chi connectivity index (χ2n) is 12.8. The van der Waals surface area contributed by atoms with Gasteiger partial charge in [-0.1, -0.05) is 38.2 Å². The van der Waals surface area contributed by atoms with Crippen LogP contribution in [0, 0.1) is 11.3 Å². The maximum absolute atomic E-state index is 13.6. The van der Waals surface area contributed by atoms with Crippen LogP contribution in [0.5, 0.6) is 0 Å². The Kier molecular flexibility index (Phi) is 8.17. The van der Waals surface area contributed by atoms with Crippen LogP contribution >= 0.6 is 11.3 Å². The number of thiazole rings is 1. The van der Waals surface area contributed by atoms with Gasteiger partial charge in [-0.3, -0.25) is 9.69 Å². The predicted octanol–water partition coefficient (Wildman–Crippen LogP) is 4.51. The SMILES string of the molecule is CC(C)(C)[C@H]1CCc2nc3sc(C(=O)N[C@H](CCN4CCC(O)CC4)c4ccc(N5CCOC5=O)nc4)nc3cc2C1. The van der Waals surface area contributed by atoms with Crippen LogP contribution in [-0.2, 0) is 17.6 Å². The van der Waals surface area contributed by atoms with Gasteiger partial charge in [-0.15, -0.1) is 0 Å². The molecule has 2 N–H and O–H groups in total. The molecule has 0 saturated carbocycles. The van der Waals surface area contributed by atoms with E-state index in [0.717, 1.165) is 73.3 Å². The van der Waals surface area contributed by atoms with Crippen molar-refractivity contribution in [2.24, 2.45) is 11.3 Å². The van der Waals surface area contributed by atoms with E-state index in [1.165, 1.54) is 21.8 Å². The fourth-order valence-electron chi connectivity index (χ4n) is 6.21. The lowest BCUT2D eigenvalue weighted by molar-refractivity contribution is 0.0795. The lowest BCUT2D eigenvalue weighted by atomic mass is 9.71. The molecule has 10 nitrogen and oxygen atoms in total. The first-order valence-corrected chi connectivity index (χ1v) is 15.9. The number of pyridine rings is 2. The smallest absolute Gasteiger partial charge is 0.415 e. The van der Waals surface area contributed by atoms with Gasteiger partial charge in [0.15, 0.2) is 5.01 Å². The molecular weight excluding hydrogens is 552 g/mol. The number of aliphatic hydroxyl groups is 1. The first-order valence-electron chi connectivity index (χ1n) is 15.0. The van der Waals surface area contributed by atoms with Gasteiger partial charge in [0.25, 0.3) is 5.91 Å². The third-order valence-electron chi connectivity index (χ3n) is 8.97. The number of ether oxygens (including phenoxy) is 1. The summed E-state index contributed by atoms with van der Waals surface area (Å²) in [6, 6.07) is 5.56. The highest BCUT2D eigenvalue weighted by molar-refractivity contribution is 7.19. The minimum Gasteiger partial charge on any atom is -0.447 e. The van der Waals surface area contributed by atoms with Crippen LogP contribution in [0.3, 0.4) is 0 Å². The second-order valence-corrected chi connectivity index (χ2v) is 13.8. The van der Waals surface area contributed by atoms with Crippen LogP contribution in [0.4, 0.5) is 10.6 Å². The highest BCUT2D eigenvalue weighted by atomic mass is 32.1. The number of nitrogens with zero attached hydrogens (tertiary/aromatic N) is 5. The highest BCUT2D eigenvalue weighted by Crippen LogP contribution is 2.38. The van der Waals surface area contributed by atoms with E-state index >= 15 is 0 Å². The Morgan fingerprint density at radius 1 is 1.19 bits per heavy atom. The summed E-state index contributed by atoms with van der Waals surface area (Å²) in [5, 5.41) is 13.5. The van der Waals surface area contributed by atoms with Crippen LogP contribution < -0.4 is 10.2 Å². The summed E-state index contributed by atoms with van der Waals surface area (Å²) in [4.78, 5) is 44.4. The van der Waals surface area contributed by atoms with Crippen LogP contribution in [0.2, 0.25) is 0 Å². The van der Waals surface area contributed by atoms with E-state index in [9.17, 15) is 14.7 Å². The van der Waals surface area contributed by atoms with Crippen LogP contribution in [0.25, 0.3) is 10.3 Å². The molecule has 0 aromatic carbocycles. The minimum atomic E-state index is -0.396. The molecule has 5 heterocycles. The number of aryl methyl sites for hydroxylation is 1. The normalized spacial score (nSPS) is 20.9. The molecule has 2 aliphatic heterocycles. The van der Waals surface area contributed by atoms with Crippen LogP contribution in [0.1, 0.15) is 79.1 Å². The van der Waals surface area contributed by atoms with Crippen molar-refractivity contribution < 1.29 is 19.4 Å². The zero-order valence-electron chi connectivity index (χ0n) is 24.6. The number of carbonyl (C=O) groups is 2. The van der Waals surface area contributed by atoms with Gasteiger partial charge in [0.1, 0.15) is 22.8 Å². The molecule has 3 aliphatic rings. The number of amides is 2. The maximum atomic E-state index is 13.6. The first kappa shape index (κ1) is 28.9. The van der Waals surface area contributed by atoms with Crippen molar-refractivity contribution in [3.63, 3.8) is 0 Å². The Hall–Kier alpha value is -3.15.